The fourth-order valence-corrected chi connectivity index (χ4v) is 4.44. The van der Waals surface area contributed by atoms with Gasteiger partial charge in [0.1, 0.15) is 0 Å². The SMILES string of the molecule is CC(NCCCC1(c2ccccc2)COCc2ccccc21)c1ccccc1. The van der Waals surface area contributed by atoms with Crippen LogP contribution in [0.25, 0.3) is 0 Å². The van der Waals surface area contributed by atoms with E-state index in [2.05, 4.69) is 97.2 Å². The maximum Gasteiger partial charge on any atom is 0.0720 e. The van der Waals surface area contributed by atoms with E-state index in [-0.39, 0.29) is 5.41 Å². The number of nitrogens with one attached hydrogen (secondary N) is 1. The molecule has 0 saturated carbocycles. The maximum absolute atomic E-state index is 6.09. The molecule has 28 heavy (non-hydrogen) atoms. The molecule has 144 valence electrons. The molecular formula is C26H29NO. The Hall–Kier alpha value is -2.42. The first-order valence-corrected chi connectivity index (χ1v) is 10.3. The first kappa shape index (κ1) is 18.9. The van der Waals surface area contributed by atoms with Crippen LogP contribution in [0.2, 0.25) is 0 Å². The molecule has 0 spiro atoms. The molecule has 1 aliphatic heterocycles. The van der Waals surface area contributed by atoms with Crippen molar-refractivity contribution in [3.05, 3.63) is 107 Å². The van der Waals surface area contributed by atoms with Crippen molar-refractivity contribution < 1.29 is 4.74 Å². The minimum absolute atomic E-state index is 0.0617. The Morgan fingerprint density at radius 2 is 1.57 bits per heavy atom. The van der Waals surface area contributed by atoms with E-state index in [0.29, 0.717) is 12.6 Å². The van der Waals surface area contributed by atoms with Crippen molar-refractivity contribution in [3.8, 4) is 0 Å². The third kappa shape index (κ3) is 3.89. The molecule has 0 fully saturated rings. The van der Waals surface area contributed by atoms with Gasteiger partial charge < -0.3 is 10.1 Å². The second-order valence-electron chi connectivity index (χ2n) is 7.79. The fraction of sp³-hybridized carbons (Fsp3) is 0.308. The first-order valence-electron chi connectivity index (χ1n) is 10.3. The summed E-state index contributed by atoms with van der Waals surface area (Å²) in [5, 5.41) is 3.69. The lowest BCUT2D eigenvalue weighted by Gasteiger charge is -2.40. The van der Waals surface area contributed by atoms with E-state index in [9.17, 15) is 0 Å². The lowest BCUT2D eigenvalue weighted by molar-refractivity contribution is 0.0612. The summed E-state index contributed by atoms with van der Waals surface area (Å²) in [5.74, 6) is 0. The van der Waals surface area contributed by atoms with E-state index in [0.717, 1.165) is 26.0 Å². The van der Waals surface area contributed by atoms with Gasteiger partial charge in [0, 0.05) is 11.5 Å². The Morgan fingerprint density at radius 1 is 0.893 bits per heavy atom. The summed E-state index contributed by atoms with van der Waals surface area (Å²) in [4.78, 5) is 0. The molecule has 0 aliphatic carbocycles. The van der Waals surface area contributed by atoms with Crippen LogP contribution in [0, 0.1) is 0 Å². The van der Waals surface area contributed by atoms with Crippen molar-refractivity contribution in [2.24, 2.45) is 0 Å². The van der Waals surface area contributed by atoms with Crippen LogP contribution in [0.1, 0.15) is 48.1 Å². The Kier molecular flexibility index (Phi) is 5.90. The van der Waals surface area contributed by atoms with Gasteiger partial charge in [-0.15, -0.1) is 0 Å². The van der Waals surface area contributed by atoms with Gasteiger partial charge in [0.25, 0.3) is 0 Å². The summed E-state index contributed by atoms with van der Waals surface area (Å²) in [6.45, 7) is 4.70. The second-order valence-corrected chi connectivity index (χ2v) is 7.79. The predicted octanol–water partition coefficient (Wildman–Crippen LogP) is 5.63. The zero-order valence-corrected chi connectivity index (χ0v) is 16.6. The molecule has 0 aromatic heterocycles. The minimum Gasteiger partial charge on any atom is -0.375 e. The summed E-state index contributed by atoms with van der Waals surface area (Å²) in [6.07, 6.45) is 2.17. The van der Waals surface area contributed by atoms with Crippen LogP contribution >= 0.6 is 0 Å². The summed E-state index contributed by atoms with van der Waals surface area (Å²) in [5.41, 5.74) is 5.39. The van der Waals surface area contributed by atoms with E-state index in [4.69, 9.17) is 4.74 Å². The van der Waals surface area contributed by atoms with Crippen molar-refractivity contribution >= 4 is 0 Å². The second kappa shape index (κ2) is 8.72. The highest BCUT2D eigenvalue weighted by Gasteiger charge is 2.38. The van der Waals surface area contributed by atoms with E-state index < -0.39 is 0 Å². The van der Waals surface area contributed by atoms with Gasteiger partial charge in [-0.3, -0.25) is 0 Å². The summed E-state index contributed by atoms with van der Waals surface area (Å²) in [6, 6.07) is 30.7. The van der Waals surface area contributed by atoms with Gasteiger partial charge in [0.05, 0.1) is 13.2 Å². The molecule has 2 heteroatoms. The Morgan fingerprint density at radius 3 is 2.36 bits per heavy atom. The molecule has 3 aromatic carbocycles. The molecule has 1 heterocycles. The van der Waals surface area contributed by atoms with E-state index >= 15 is 0 Å². The topological polar surface area (TPSA) is 21.3 Å². The molecule has 3 aromatic rings. The number of hydrogen-bond acceptors (Lipinski definition) is 2. The highest BCUT2D eigenvalue weighted by atomic mass is 16.5. The first-order chi connectivity index (χ1) is 13.8. The summed E-state index contributed by atoms with van der Waals surface area (Å²) in [7, 11) is 0. The highest BCUT2D eigenvalue weighted by Crippen LogP contribution is 2.41. The molecule has 1 N–H and O–H groups in total. The molecule has 2 unspecified atom stereocenters. The molecule has 2 atom stereocenters. The van der Waals surface area contributed by atoms with Crippen LogP contribution in [0.15, 0.2) is 84.9 Å². The summed E-state index contributed by atoms with van der Waals surface area (Å²) >= 11 is 0. The monoisotopic (exact) mass is 371 g/mol. The molecule has 2 nitrogen and oxygen atoms in total. The van der Waals surface area contributed by atoms with Gasteiger partial charge in [-0.1, -0.05) is 84.9 Å². The third-order valence-electron chi connectivity index (χ3n) is 6.00. The van der Waals surface area contributed by atoms with Crippen molar-refractivity contribution in [1.29, 1.82) is 0 Å². The van der Waals surface area contributed by atoms with Crippen LogP contribution in [0.5, 0.6) is 0 Å². The van der Waals surface area contributed by atoms with E-state index in [1.807, 2.05) is 0 Å². The number of rotatable bonds is 7. The number of hydrogen-bond donors (Lipinski definition) is 1. The Balaban J connectivity index is 1.51. The quantitative estimate of drug-likeness (QED) is 0.543. The molecule has 0 saturated heterocycles. The van der Waals surface area contributed by atoms with Gasteiger partial charge in [-0.05, 0) is 48.6 Å². The number of benzene rings is 3. The molecule has 4 rings (SSSR count). The molecular weight excluding hydrogens is 342 g/mol. The van der Waals surface area contributed by atoms with Crippen LogP contribution in [0.3, 0.4) is 0 Å². The minimum atomic E-state index is -0.0617. The number of fused-ring (bicyclic) bond motifs is 1. The van der Waals surface area contributed by atoms with Gasteiger partial charge in [-0.2, -0.15) is 0 Å². The van der Waals surface area contributed by atoms with Crippen LogP contribution in [0.4, 0.5) is 0 Å². The van der Waals surface area contributed by atoms with Gasteiger partial charge >= 0.3 is 0 Å². The van der Waals surface area contributed by atoms with Crippen molar-refractivity contribution in [1.82, 2.24) is 5.32 Å². The maximum atomic E-state index is 6.09. The lowest BCUT2D eigenvalue weighted by Crippen LogP contribution is -2.38. The predicted molar refractivity (Wildman–Crippen MR) is 115 cm³/mol. The van der Waals surface area contributed by atoms with Gasteiger partial charge in [0.2, 0.25) is 0 Å². The lowest BCUT2D eigenvalue weighted by atomic mass is 9.69. The Bertz CT molecular complexity index is 877. The summed E-state index contributed by atoms with van der Waals surface area (Å²) < 4.78 is 6.09. The molecule has 0 amide bonds. The van der Waals surface area contributed by atoms with E-state index in [1.54, 1.807) is 0 Å². The third-order valence-corrected chi connectivity index (χ3v) is 6.00. The molecule has 0 bridgehead atoms. The zero-order chi connectivity index (χ0) is 19.2. The van der Waals surface area contributed by atoms with Gasteiger partial charge in [-0.25, -0.2) is 0 Å². The Labute approximate surface area is 168 Å². The smallest absolute Gasteiger partial charge is 0.0720 e. The van der Waals surface area contributed by atoms with Crippen LogP contribution in [-0.4, -0.2) is 13.2 Å². The molecule has 1 aliphatic rings. The van der Waals surface area contributed by atoms with Crippen LogP contribution in [-0.2, 0) is 16.8 Å². The van der Waals surface area contributed by atoms with Gasteiger partial charge in [0.15, 0.2) is 0 Å². The fourth-order valence-electron chi connectivity index (χ4n) is 4.44. The molecule has 0 radical (unpaired) electrons. The van der Waals surface area contributed by atoms with E-state index in [1.165, 1.54) is 22.3 Å². The van der Waals surface area contributed by atoms with Crippen LogP contribution < -0.4 is 5.32 Å². The standard InChI is InChI=1S/C26H29NO/c1-21(22-11-4-2-5-12-22)27-18-10-17-26(24-14-6-3-7-15-24)20-28-19-23-13-8-9-16-25(23)26/h2-9,11-16,21,27H,10,17-20H2,1H3. The van der Waals surface area contributed by atoms with Crippen molar-refractivity contribution in [2.45, 2.75) is 37.8 Å². The van der Waals surface area contributed by atoms with Crippen molar-refractivity contribution in [2.75, 3.05) is 13.2 Å². The highest BCUT2D eigenvalue weighted by molar-refractivity contribution is 5.45. The average Bonchev–Trinajstić information content (AvgIpc) is 2.78. The number of ether oxygens (including phenoxy) is 1. The zero-order valence-electron chi connectivity index (χ0n) is 16.6. The van der Waals surface area contributed by atoms with Crippen molar-refractivity contribution in [3.63, 3.8) is 0 Å². The average molecular weight is 372 g/mol. The largest absolute Gasteiger partial charge is 0.375 e. The normalized spacial score (nSPS) is 19.8.